The molecule has 178 valence electrons. The standard InChI is InChI=1S/C25H21FN4O5/c1-16-11-13-29(25(32)35-20-8-6-19(7-9-20)30(33)34)15-22(16)17-2-4-18(5-3-17)28-24(31)21-10-12-27-14-23(21)26/h2-10,12,14H,11,13,15H2,1H3,(H,28,31). The molecule has 10 heteroatoms. The number of halogens is 1. The van der Waals surface area contributed by atoms with Gasteiger partial charge in [-0.05, 0) is 54.8 Å². The summed E-state index contributed by atoms with van der Waals surface area (Å²) in [6, 6.07) is 13.7. The molecule has 2 aromatic carbocycles. The van der Waals surface area contributed by atoms with Gasteiger partial charge in [-0.1, -0.05) is 17.7 Å². The van der Waals surface area contributed by atoms with E-state index in [4.69, 9.17) is 4.74 Å². The second-order valence-corrected chi connectivity index (χ2v) is 7.94. The molecule has 9 nitrogen and oxygen atoms in total. The minimum atomic E-state index is -0.703. The topological polar surface area (TPSA) is 115 Å². The van der Waals surface area contributed by atoms with E-state index in [1.807, 2.05) is 19.1 Å². The molecule has 3 aromatic rings. The van der Waals surface area contributed by atoms with E-state index in [-0.39, 0.29) is 17.0 Å². The Morgan fingerprint density at radius 2 is 1.83 bits per heavy atom. The lowest BCUT2D eigenvalue weighted by molar-refractivity contribution is -0.384. The first-order valence-corrected chi connectivity index (χ1v) is 10.7. The lowest BCUT2D eigenvalue weighted by atomic mass is 9.95. The molecule has 2 heterocycles. The first kappa shape index (κ1) is 23.6. The van der Waals surface area contributed by atoms with E-state index in [1.165, 1.54) is 36.5 Å². The number of anilines is 1. The number of rotatable bonds is 5. The Morgan fingerprint density at radius 3 is 2.49 bits per heavy atom. The van der Waals surface area contributed by atoms with E-state index in [0.717, 1.165) is 22.9 Å². The van der Waals surface area contributed by atoms with Gasteiger partial charge in [-0.2, -0.15) is 0 Å². The number of aromatic nitrogens is 1. The van der Waals surface area contributed by atoms with Crippen molar-refractivity contribution in [3.05, 3.63) is 99.6 Å². The Labute approximate surface area is 200 Å². The Bertz CT molecular complexity index is 1310. The van der Waals surface area contributed by atoms with Gasteiger partial charge >= 0.3 is 6.09 Å². The van der Waals surface area contributed by atoms with Crippen molar-refractivity contribution in [2.45, 2.75) is 13.3 Å². The molecule has 1 aromatic heterocycles. The van der Waals surface area contributed by atoms with Crippen LogP contribution < -0.4 is 10.1 Å². The Hall–Kier alpha value is -4.60. The van der Waals surface area contributed by atoms with Crippen molar-refractivity contribution in [2.24, 2.45) is 0 Å². The predicted molar refractivity (Wildman–Crippen MR) is 126 cm³/mol. The highest BCUT2D eigenvalue weighted by molar-refractivity contribution is 6.04. The summed E-state index contributed by atoms with van der Waals surface area (Å²) in [4.78, 5) is 40.4. The van der Waals surface area contributed by atoms with Crippen LogP contribution in [0.3, 0.4) is 0 Å². The van der Waals surface area contributed by atoms with E-state index in [2.05, 4.69) is 10.3 Å². The lowest BCUT2D eigenvalue weighted by Crippen LogP contribution is -2.38. The number of pyridine rings is 1. The molecule has 0 atom stereocenters. The van der Waals surface area contributed by atoms with Gasteiger partial charge in [-0.25, -0.2) is 9.18 Å². The maximum atomic E-state index is 13.8. The molecule has 35 heavy (non-hydrogen) atoms. The lowest BCUT2D eigenvalue weighted by Gasteiger charge is -2.29. The molecule has 0 bridgehead atoms. The van der Waals surface area contributed by atoms with Crippen molar-refractivity contribution in [1.29, 1.82) is 0 Å². The summed E-state index contributed by atoms with van der Waals surface area (Å²) in [5.74, 6) is -1.06. The average Bonchev–Trinajstić information content (AvgIpc) is 2.85. The quantitative estimate of drug-likeness (QED) is 0.407. The molecule has 4 rings (SSSR count). The molecule has 0 radical (unpaired) electrons. The third-order valence-electron chi connectivity index (χ3n) is 5.64. The van der Waals surface area contributed by atoms with Gasteiger partial charge in [0.25, 0.3) is 11.6 Å². The minimum absolute atomic E-state index is 0.0887. The largest absolute Gasteiger partial charge is 0.415 e. The molecule has 0 unspecified atom stereocenters. The fourth-order valence-corrected chi connectivity index (χ4v) is 3.67. The van der Waals surface area contributed by atoms with Crippen molar-refractivity contribution in [2.75, 3.05) is 18.4 Å². The first-order chi connectivity index (χ1) is 16.8. The molecule has 0 aliphatic carbocycles. The monoisotopic (exact) mass is 476 g/mol. The van der Waals surface area contributed by atoms with Crippen molar-refractivity contribution >= 4 is 28.9 Å². The van der Waals surface area contributed by atoms with Crippen molar-refractivity contribution in [3.63, 3.8) is 0 Å². The van der Waals surface area contributed by atoms with Crippen LogP contribution in [0.5, 0.6) is 5.75 Å². The van der Waals surface area contributed by atoms with E-state index in [1.54, 1.807) is 17.0 Å². The summed E-state index contributed by atoms with van der Waals surface area (Å²) >= 11 is 0. The Kier molecular flexibility index (Phi) is 6.81. The number of amides is 2. The van der Waals surface area contributed by atoms with Crippen LogP contribution in [0.1, 0.15) is 29.3 Å². The summed E-state index contributed by atoms with van der Waals surface area (Å²) in [7, 11) is 0. The van der Waals surface area contributed by atoms with E-state index in [0.29, 0.717) is 25.2 Å². The van der Waals surface area contributed by atoms with Gasteiger partial charge in [0.05, 0.1) is 16.7 Å². The smallest absolute Gasteiger partial charge is 0.410 e. The zero-order valence-corrected chi connectivity index (χ0v) is 18.7. The van der Waals surface area contributed by atoms with Gasteiger partial charge in [0.1, 0.15) is 5.75 Å². The van der Waals surface area contributed by atoms with Crippen LogP contribution in [0.2, 0.25) is 0 Å². The summed E-state index contributed by atoms with van der Waals surface area (Å²) in [6.07, 6.45) is 2.43. The summed E-state index contributed by atoms with van der Waals surface area (Å²) in [5, 5.41) is 13.4. The first-order valence-electron chi connectivity index (χ1n) is 10.7. The van der Waals surface area contributed by atoms with Crippen LogP contribution in [0.25, 0.3) is 5.57 Å². The number of nitro groups is 1. The maximum absolute atomic E-state index is 13.8. The zero-order valence-electron chi connectivity index (χ0n) is 18.7. The number of benzene rings is 2. The molecular formula is C25H21FN4O5. The van der Waals surface area contributed by atoms with Gasteiger partial charge in [0.2, 0.25) is 0 Å². The van der Waals surface area contributed by atoms with E-state index in [9.17, 15) is 24.1 Å². The highest BCUT2D eigenvalue weighted by Crippen LogP contribution is 2.28. The van der Waals surface area contributed by atoms with E-state index < -0.39 is 22.7 Å². The average molecular weight is 476 g/mol. The number of nitrogens with zero attached hydrogens (tertiary/aromatic N) is 3. The number of carbonyl (C=O) groups excluding carboxylic acids is 2. The second-order valence-electron chi connectivity index (χ2n) is 7.94. The fourth-order valence-electron chi connectivity index (χ4n) is 3.67. The molecule has 1 aliphatic rings. The molecule has 0 spiro atoms. The Morgan fingerprint density at radius 1 is 1.11 bits per heavy atom. The number of ether oxygens (including phenoxy) is 1. The van der Waals surface area contributed by atoms with Crippen LogP contribution in [0.4, 0.5) is 20.6 Å². The van der Waals surface area contributed by atoms with Crippen LogP contribution >= 0.6 is 0 Å². The predicted octanol–water partition coefficient (Wildman–Crippen LogP) is 5.06. The number of hydrogen-bond donors (Lipinski definition) is 1. The van der Waals surface area contributed by atoms with Gasteiger partial charge < -0.3 is 15.0 Å². The molecular weight excluding hydrogens is 455 g/mol. The summed E-state index contributed by atoms with van der Waals surface area (Å²) < 4.78 is 19.2. The van der Waals surface area contributed by atoms with Gasteiger partial charge in [0, 0.05) is 37.1 Å². The number of nitro benzene ring substituents is 1. The molecule has 1 N–H and O–H groups in total. The summed E-state index contributed by atoms with van der Waals surface area (Å²) in [6.45, 7) is 2.80. The zero-order chi connectivity index (χ0) is 24.9. The number of nitrogens with one attached hydrogen (secondary N) is 1. The number of hydrogen-bond acceptors (Lipinski definition) is 6. The maximum Gasteiger partial charge on any atom is 0.415 e. The van der Waals surface area contributed by atoms with Crippen molar-refractivity contribution in [1.82, 2.24) is 9.88 Å². The normalized spacial score (nSPS) is 13.4. The van der Waals surface area contributed by atoms with Crippen LogP contribution in [0, 0.1) is 15.9 Å². The van der Waals surface area contributed by atoms with Crippen molar-refractivity contribution in [3.8, 4) is 5.75 Å². The second kappa shape index (κ2) is 10.1. The molecule has 2 amide bonds. The van der Waals surface area contributed by atoms with Gasteiger partial charge in [-0.15, -0.1) is 0 Å². The Balaban J connectivity index is 1.42. The molecule has 1 aliphatic heterocycles. The van der Waals surface area contributed by atoms with Crippen molar-refractivity contribution < 1.29 is 23.6 Å². The van der Waals surface area contributed by atoms with Crippen LogP contribution in [-0.2, 0) is 0 Å². The fraction of sp³-hybridized carbons (Fsp3) is 0.160. The van der Waals surface area contributed by atoms with Gasteiger partial charge in [0.15, 0.2) is 5.82 Å². The molecule has 0 fully saturated rings. The van der Waals surface area contributed by atoms with Crippen LogP contribution in [0.15, 0.2) is 72.6 Å². The highest BCUT2D eigenvalue weighted by atomic mass is 19.1. The summed E-state index contributed by atoms with van der Waals surface area (Å²) in [5.41, 5.74) is 3.27. The third-order valence-corrected chi connectivity index (χ3v) is 5.64. The molecule has 0 saturated carbocycles. The van der Waals surface area contributed by atoms with Gasteiger partial charge in [-0.3, -0.25) is 19.9 Å². The van der Waals surface area contributed by atoms with E-state index >= 15 is 0 Å². The van der Waals surface area contributed by atoms with Crippen LogP contribution in [-0.4, -0.2) is 39.9 Å². The highest BCUT2D eigenvalue weighted by Gasteiger charge is 2.24. The SMILES string of the molecule is CC1=C(c2ccc(NC(=O)c3ccncc3F)cc2)CN(C(=O)Oc2ccc([N+](=O)[O-])cc2)CC1. The minimum Gasteiger partial charge on any atom is -0.410 e. The third kappa shape index (κ3) is 5.49. The molecule has 0 saturated heterocycles. The number of carbonyl (C=O) groups is 2. The number of non-ortho nitro benzene ring substituents is 1.